The number of benzene rings is 1. The van der Waals surface area contributed by atoms with Crippen molar-refractivity contribution in [2.24, 2.45) is 0 Å². The third-order valence-electron chi connectivity index (χ3n) is 3.73. The van der Waals surface area contributed by atoms with E-state index in [1.165, 1.54) is 12.1 Å². The first-order chi connectivity index (χ1) is 10.7. The molecule has 1 aliphatic rings. The molecule has 1 unspecified atom stereocenters. The number of nitro groups is 1. The molecular formula is C13H16ClN3O5S. The van der Waals surface area contributed by atoms with Gasteiger partial charge >= 0.3 is 0 Å². The summed E-state index contributed by atoms with van der Waals surface area (Å²) in [5.41, 5.74) is 0.112. The lowest BCUT2D eigenvalue weighted by Crippen LogP contribution is -2.49. The normalized spacial score (nSPS) is 19.0. The second-order valence-electron chi connectivity index (χ2n) is 5.27. The third-order valence-corrected chi connectivity index (χ3v) is 5.65. The maximum Gasteiger partial charge on any atom is 0.271 e. The van der Waals surface area contributed by atoms with Crippen molar-refractivity contribution in [2.45, 2.75) is 13.0 Å². The van der Waals surface area contributed by atoms with Crippen LogP contribution >= 0.6 is 11.6 Å². The highest BCUT2D eigenvalue weighted by molar-refractivity contribution is 7.91. The number of non-ortho nitro benzene ring substituents is 1. The van der Waals surface area contributed by atoms with E-state index < -0.39 is 20.8 Å². The molecule has 10 heteroatoms. The Morgan fingerprint density at radius 3 is 2.52 bits per heavy atom. The minimum Gasteiger partial charge on any atom is -0.323 e. The molecular weight excluding hydrogens is 346 g/mol. The smallest absolute Gasteiger partial charge is 0.271 e. The van der Waals surface area contributed by atoms with E-state index in [-0.39, 0.29) is 33.8 Å². The summed E-state index contributed by atoms with van der Waals surface area (Å²) in [5.74, 6) is -0.286. The molecule has 1 aromatic rings. The lowest BCUT2D eigenvalue weighted by molar-refractivity contribution is -0.384. The number of nitro benzene ring substituents is 1. The van der Waals surface area contributed by atoms with Crippen LogP contribution in [0.2, 0.25) is 5.02 Å². The molecule has 0 aliphatic carbocycles. The Balaban J connectivity index is 2.03. The van der Waals surface area contributed by atoms with Crippen LogP contribution in [-0.4, -0.2) is 54.8 Å². The number of carbonyl (C=O) groups excluding carboxylic acids is 1. The topological polar surface area (TPSA) is 110 Å². The van der Waals surface area contributed by atoms with Gasteiger partial charge < -0.3 is 5.32 Å². The molecule has 0 aromatic heterocycles. The summed E-state index contributed by atoms with van der Waals surface area (Å²) < 4.78 is 22.8. The molecule has 126 valence electrons. The fourth-order valence-corrected chi connectivity index (χ4v) is 3.69. The lowest BCUT2D eigenvalue weighted by atomic mass is 10.2. The van der Waals surface area contributed by atoms with Crippen LogP contribution in [-0.2, 0) is 14.6 Å². The summed E-state index contributed by atoms with van der Waals surface area (Å²) in [6.45, 7) is 2.27. The van der Waals surface area contributed by atoms with E-state index in [2.05, 4.69) is 5.32 Å². The molecule has 23 heavy (non-hydrogen) atoms. The van der Waals surface area contributed by atoms with E-state index in [0.717, 1.165) is 6.07 Å². The highest BCUT2D eigenvalue weighted by Crippen LogP contribution is 2.27. The van der Waals surface area contributed by atoms with Gasteiger partial charge in [0.25, 0.3) is 5.69 Å². The predicted molar refractivity (Wildman–Crippen MR) is 86.4 cm³/mol. The minimum atomic E-state index is -3.01. The maximum atomic E-state index is 12.2. The molecule has 1 aliphatic heterocycles. The molecule has 1 N–H and O–H groups in total. The van der Waals surface area contributed by atoms with Crippen LogP contribution in [0.5, 0.6) is 0 Å². The highest BCUT2D eigenvalue weighted by Gasteiger charge is 2.28. The second-order valence-corrected chi connectivity index (χ2v) is 7.99. The first kappa shape index (κ1) is 17.6. The number of amides is 1. The molecule has 0 spiro atoms. The Labute approximate surface area is 138 Å². The van der Waals surface area contributed by atoms with Crippen molar-refractivity contribution in [3.63, 3.8) is 0 Å². The zero-order chi connectivity index (χ0) is 17.2. The van der Waals surface area contributed by atoms with Gasteiger partial charge in [-0.1, -0.05) is 11.6 Å². The standard InChI is InChI=1S/C13H16ClN3O5S/c1-9(16-4-6-23(21,22)7-5-16)13(18)15-12-3-2-10(17(19)20)8-11(12)14/h2-3,8-9H,4-7H2,1H3,(H,15,18). The van der Waals surface area contributed by atoms with E-state index in [0.29, 0.717) is 13.1 Å². The first-order valence-electron chi connectivity index (χ1n) is 6.89. The summed E-state index contributed by atoms with van der Waals surface area (Å²) in [6, 6.07) is 3.25. The fraction of sp³-hybridized carbons (Fsp3) is 0.462. The van der Waals surface area contributed by atoms with Crippen molar-refractivity contribution >= 4 is 38.7 Å². The second kappa shape index (κ2) is 6.81. The number of halogens is 1. The summed E-state index contributed by atoms with van der Waals surface area (Å²) in [5, 5.41) is 13.3. The van der Waals surface area contributed by atoms with Gasteiger partial charge in [-0.15, -0.1) is 0 Å². The Morgan fingerprint density at radius 1 is 1.39 bits per heavy atom. The largest absolute Gasteiger partial charge is 0.323 e. The summed E-state index contributed by atoms with van der Waals surface area (Å²) >= 11 is 5.93. The molecule has 1 saturated heterocycles. The fourth-order valence-electron chi connectivity index (χ4n) is 2.24. The number of sulfone groups is 1. The summed E-state index contributed by atoms with van der Waals surface area (Å²) in [7, 11) is -3.01. The molecule has 1 heterocycles. The zero-order valence-electron chi connectivity index (χ0n) is 12.4. The number of carbonyl (C=O) groups is 1. The Hall–Kier alpha value is -1.71. The van der Waals surface area contributed by atoms with Crippen molar-refractivity contribution < 1.29 is 18.1 Å². The van der Waals surface area contributed by atoms with Gasteiger partial charge in [-0.3, -0.25) is 19.8 Å². The Kier molecular flexibility index (Phi) is 5.23. The van der Waals surface area contributed by atoms with Crippen LogP contribution < -0.4 is 5.32 Å². The number of nitrogens with zero attached hydrogens (tertiary/aromatic N) is 2. The molecule has 2 rings (SSSR count). The number of rotatable bonds is 4. The van der Waals surface area contributed by atoms with E-state index >= 15 is 0 Å². The molecule has 1 aromatic carbocycles. The molecule has 1 fully saturated rings. The van der Waals surface area contributed by atoms with Crippen molar-refractivity contribution in [1.29, 1.82) is 0 Å². The van der Waals surface area contributed by atoms with E-state index in [1.807, 2.05) is 0 Å². The van der Waals surface area contributed by atoms with Gasteiger partial charge in [0.1, 0.15) is 0 Å². The van der Waals surface area contributed by atoms with Crippen LogP contribution in [0.1, 0.15) is 6.92 Å². The average molecular weight is 362 g/mol. The molecule has 0 bridgehead atoms. The molecule has 0 radical (unpaired) electrons. The van der Waals surface area contributed by atoms with Gasteiger partial charge in [-0.05, 0) is 13.0 Å². The highest BCUT2D eigenvalue weighted by atomic mass is 35.5. The zero-order valence-corrected chi connectivity index (χ0v) is 13.9. The van der Waals surface area contributed by atoms with E-state index in [4.69, 9.17) is 11.6 Å². The van der Waals surface area contributed by atoms with Crippen LogP contribution in [0.4, 0.5) is 11.4 Å². The van der Waals surface area contributed by atoms with Gasteiger partial charge in [-0.2, -0.15) is 0 Å². The van der Waals surface area contributed by atoms with Crippen LogP contribution in [0, 0.1) is 10.1 Å². The van der Waals surface area contributed by atoms with E-state index in [9.17, 15) is 23.3 Å². The van der Waals surface area contributed by atoms with Gasteiger partial charge in [0, 0.05) is 25.2 Å². The number of hydrogen-bond acceptors (Lipinski definition) is 6. The van der Waals surface area contributed by atoms with Crippen LogP contribution in [0.15, 0.2) is 18.2 Å². The monoisotopic (exact) mass is 361 g/mol. The molecule has 0 saturated carbocycles. The number of nitrogens with one attached hydrogen (secondary N) is 1. The third kappa shape index (κ3) is 4.40. The summed E-state index contributed by atoms with van der Waals surface area (Å²) in [4.78, 5) is 24.1. The predicted octanol–water partition coefficient (Wildman–Crippen LogP) is 1.31. The summed E-state index contributed by atoms with van der Waals surface area (Å²) in [6.07, 6.45) is 0. The van der Waals surface area contributed by atoms with Crippen LogP contribution in [0.25, 0.3) is 0 Å². The molecule has 8 nitrogen and oxygen atoms in total. The van der Waals surface area contributed by atoms with Gasteiger partial charge in [0.2, 0.25) is 5.91 Å². The van der Waals surface area contributed by atoms with Crippen molar-refractivity contribution in [1.82, 2.24) is 4.90 Å². The van der Waals surface area contributed by atoms with Gasteiger partial charge in [-0.25, -0.2) is 8.42 Å². The molecule has 1 amide bonds. The van der Waals surface area contributed by atoms with Crippen molar-refractivity contribution in [3.05, 3.63) is 33.3 Å². The minimum absolute atomic E-state index is 0.0307. The SMILES string of the molecule is CC(C(=O)Nc1ccc([N+](=O)[O-])cc1Cl)N1CCS(=O)(=O)CC1. The number of hydrogen-bond donors (Lipinski definition) is 1. The number of anilines is 1. The maximum absolute atomic E-state index is 12.2. The van der Waals surface area contributed by atoms with Gasteiger partial charge in [0.05, 0.1) is 33.2 Å². The Morgan fingerprint density at radius 2 is 2.00 bits per heavy atom. The first-order valence-corrected chi connectivity index (χ1v) is 9.09. The Bertz CT molecular complexity index is 723. The lowest BCUT2D eigenvalue weighted by Gasteiger charge is -2.31. The molecule has 1 atom stereocenters. The van der Waals surface area contributed by atoms with Crippen molar-refractivity contribution in [3.8, 4) is 0 Å². The van der Waals surface area contributed by atoms with Gasteiger partial charge in [0.15, 0.2) is 9.84 Å². The van der Waals surface area contributed by atoms with Crippen molar-refractivity contribution in [2.75, 3.05) is 29.9 Å². The quantitative estimate of drug-likeness (QED) is 0.639. The average Bonchev–Trinajstić information content (AvgIpc) is 2.48. The van der Waals surface area contributed by atoms with E-state index in [1.54, 1.807) is 11.8 Å². The van der Waals surface area contributed by atoms with Crippen LogP contribution in [0.3, 0.4) is 0 Å².